The van der Waals surface area contributed by atoms with E-state index < -0.39 is 42.4 Å². The Hall–Kier alpha value is -4.65. The number of rotatable bonds is 13. The van der Waals surface area contributed by atoms with E-state index in [1.807, 2.05) is 65.4 Å². The second-order valence-corrected chi connectivity index (χ2v) is 9.96. The second-order valence-electron chi connectivity index (χ2n) is 9.96. The zero-order chi connectivity index (χ0) is 31.4. The number of carbonyl (C=O) groups is 5. The minimum Gasteiger partial charge on any atom is -0.481 e. The van der Waals surface area contributed by atoms with Gasteiger partial charge in [-0.3, -0.25) is 24.1 Å². The van der Waals surface area contributed by atoms with Crippen molar-refractivity contribution < 1.29 is 49.1 Å². The summed E-state index contributed by atoms with van der Waals surface area (Å²) in [6, 6.07) is 22.0. The molecule has 2 aromatic carbocycles. The Labute approximate surface area is 247 Å². The van der Waals surface area contributed by atoms with E-state index in [0.29, 0.717) is 37.4 Å². The SMILES string of the molecule is O=C(O)CC(O)(CC(=O)O)C(=O)O.O=C(c1ccccc1)c1cccn1C(C(=O)CCN1CCOCC1)c1ccccc1. The van der Waals surface area contributed by atoms with Crippen LogP contribution in [0.3, 0.4) is 0 Å². The lowest BCUT2D eigenvalue weighted by Gasteiger charge is -2.27. The lowest BCUT2D eigenvalue weighted by molar-refractivity contribution is -0.170. The summed E-state index contributed by atoms with van der Waals surface area (Å²) in [6.07, 6.45) is -0.0273. The van der Waals surface area contributed by atoms with Crippen LogP contribution in [0.1, 0.15) is 46.9 Å². The van der Waals surface area contributed by atoms with E-state index in [2.05, 4.69) is 4.90 Å². The maximum Gasteiger partial charge on any atom is 0.336 e. The summed E-state index contributed by atoms with van der Waals surface area (Å²) in [5.74, 6) is -5.00. The van der Waals surface area contributed by atoms with Gasteiger partial charge in [0.25, 0.3) is 0 Å². The Morgan fingerprint density at radius 2 is 1.35 bits per heavy atom. The minimum atomic E-state index is -2.74. The highest BCUT2D eigenvalue weighted by Crippen LogP contribution is 2.25. The number of Topliss-reactive ketones (excluding diaryl/α,β-unsaturated/α-hetero) is 1. The third-order valence-electron chi connectivity index (χ3n) is 6.81. The number of benzene rings is 2. The molecule has 0 saturated carbocycles. The quantitative estimate of drug-likeness (QED) is 0.213. The van der Waals surface area contributed by atoms with Gasteiger partial charge in [-0.2, -0.15) is 0 Å². The van der Waals surface area contributed by atoms with Crippen LogP contribution >= 0.6 is 0 Å². The van der Waals surface area contributed by atoms with Gasteiger partial charge in [0.05, 0.1) is 31.7 Å². The Morgan fingerprint density at radius 3 is 1.88 bits per heavy atom. The molecule has 1 aromatic heterocycles. The molecule has 1 saturated heterocycles. The normalized spacial score (nSPS) is 14.2. The summed E-state index contributed by atoms with van der Waals surface area (Å²) >= 11 is 0. The first kappa shape index (κ1) is 32.9. The number of aliphatic carboxylic acids is 3. The van der Waals surface area contributed by atoms with Crippen LogP contribution in [0.15, 0.2) is 79.0 Å². The van der Waals surface area contributed by atoms with Crippen LogP contribution in [-0.4, -0.2) is 97.8 Å². The maximum atomic E-state index is 13.4. The average Bonchev–Trinajstić information content (AvgIpc) is 3.46. The molecule has 2 heterocycles. The summed E-state index contributed by atoms with van der Waals surface area (Å²) < 4.78 is 7.22. The topological polar surface area (TPSA) is 184 Å². The molecular formula is C31H34N2O10. The van der Waals surface area contributed by atoms with Crippen molar-refractivity contribution >= 4 is 29.5 Å². The van der Waals surface area contributed by atoms with E-state index in [1.165, 1.54) is 0 Å². The third kappa shape index (κ3) is 9.43. The van der Waals surface area contributed by atoms with Crippen molar-refractivity contribution in [2.24, 2.45) is 0 Å². The van der Waals surface area contributed by atoms with Crippen LogP contribution in [0.2, 0.25) is 0 Å². The smallest absolute Gasteiger partial charge is 0.336 e. The van der Waals surface area contributed by atoms with Crippen LogP contribution < -0.4 is 0 Å². The zero-order valence-corrected chi connectivity index (χ0v) is 23.4. The number of ketones is 2. The van der Waals surface area contributed by atoms with E-state index >= 15 is 0 Å². The number of nitrogens with zero attached hydrogens (tertiary/aromatic N) is 2. The summed E-state index contributed by atoms with van der Waals surface area (Å²) in [5.41, 5.74) is -0.708. The standard InChI is InChI=1S/C25H26N2O3.C6H8O7/c28-23(13-15-26-16-18-30-19-17-26)24(20-8-3-1-4-9-20)27-14-7-12-22(27)25(29)21-10-5-2-6-11-21;7-3(8)1-6(13,5(11)12)2-4(9)10/h1-12,14,24H,13,15-19H2;13H,1-2H2,(H,7,8)(H,9,10)(H,11,12). The largest absolute Gasteiger partial charge is 0.481 e. The fraction of sp³-hybridized carbons (Fsp3) is 0.323. The number of carboxylic acid groups (broad SMARTS) is 3. The van der Waals surface area contributed by atoms with Crippen molar-refractivity contribution in [2.75, 3.05) is 32.8 Å². The van der Waals surface area contributed by atoms with E-state index in [9.17, 15) is 24.0 Å². The average molecular weight is 595 g/mol. The van der Waals surface area contributed by atoms with Gasteiger partial charge in [-0.1, -0.05) is 60.7 Å². The number of aliphatic hydroxyl groups is 1. The Kier molecular flexibility index (Phi) is 11.9. The van der Waals surface area contributed by atoms with Gasteiger partial charge >= 0.3 is 17.9 Å². The van der Waals surface area contributed by atoms with Crippen molar-refractivity contribution in [2.45, 2.75) is 30.9 Å². The molecule has 43 heavy (non-hydrogen) atoms. The van der Waals surface area contributed by atoms with Gasteiger partial charge in [0.2, 0.25) is 5.78 Å². The highest BCUT2D eigenvalue weighted by Gasteiger charge is 2.40. The molecule has 1 fully saturated rings. The monoisotopic (exact) mass is 594 g/mol. The third-order valence-corrected chi connectivity index (χ3v) is 6.81. The molecule has 0 bridgehead atoms. The van der Waals surface area contributed by atoms with Crippen LogP contribution in [0.4, 0.5) is 0 Å². The maximum absolute atomic E-state index is 13.4. The minimum absolute atomic E-state index is 0.0810. The molecule has 12 heteroatoms. The molecule has 3 aromatic rings. The molecule has 228 valence electrons. The summed E-state index contributed by atoms with van der Waals surface area (Å²) in [6.45, 7) is 3.83. The predicted octanol–water partition coefficient (Wildman–Crippen LogP) is 2.35. The molecule has 1 atom stereocenters. The first-order chi connectivity index (χ1) is 20.5. The van der Waals surface area contributed by atoms with Gasteiger partial charge in [0.1, 0.15) is 6.04 Å². The van der Waals surface area contributed by atoms with Gasteiger partial charge in [-0.05, 0) is 17.7 Å². The molecule has 4 rings (SSSR count). The number of carboxylic acids is 3. The summed E-state index contributed by atoms with van der Waals surface area (Å²) in [7, 11) is 0. The van der Waals surface area contributed by atoms with E-state index in [1.54, 1.807) is 18.2 Å². The molecule has 1 aliphatic rings. The van der Waals surface area contributed by atoms with E-state index in [-0.39, 0.29) is 11.6 Å². The fourth-order valence-corrected chi connectivity index (χ4v) is 4.63. The molecule has 0 aliphatic carbocycles. The first-order valence-corrected chi connectivity index (χ1v) is 13.6. The summed E-state index contributed by atoms with van der Waals surface area (Å²) in [4.78, 5) is 59.3. The van der Waals surface area contributed by atoms with Crippen LogP contribution in [-0.2, 0) is 23.9 Å². The number of carbonyl (C=O) groups excluding carboxylic acids is 2. The lowest BCUT2D eigenvalue weighted by atomic mass is 9.96. The van der Waals surface area contributed by atoms with Gasteiger partial charge in [0, 0.05) is 37.8 Å². The van der Waals surface area contributed by atoms with Crippen LogP contribution in [0, 0.1) is 0 Å². The molecule has 12 nitrogen and oxygen atoms in total. The molecule has 0 radical (unpaired) electrons. The molecular weight excluding hydrogens is 560 g/mol. The predicted molar refractivity (Wildman–Crippen MR) is 153 cm³/mol. The number of hydrogen-bond donors (Lipinski definition) is 4. The highest BCUT2D eigenvalue weighted by atomic mass is 16.5. The molecule has 1 unspecified atom stereocenters. The van der Waals surface area contributed by atoms with E-state index in [0.717, 1.165) is 18.7 Å². The van der Waals surface area contributed by atoms with Crippen molar-refractivity contribution in [3.8, 4) is 0 Å². The van der Waals surface area contributed by atoms with Gasteiger partial charge in [-0.15, -0.1) is 0 Å². The Bertz CT molecular complexity index is 1380. The highest BCUT2D eigenvalue weighted by molar-refractivity contribution is 6.08. The Balaban J connectivity index is 0.000000331. The first-order valence-electron chi connectivity index (χ1n) is 13.6. The molecule has 0 spiro atoms. The molecule has 0 amide bonds. The number of aromatic nitrogens is 1. The molecule has 1 aliphatic heterocycles. The van der Waals surface area contributed by atoms with E-state index in [4.69, 9.17) is 25.2 Å². The molecule has 4 N–H and O–H groups in total. The zero-order valence-electron chi connectivity index (χ0n) is 23.4. The fourth-order valence-electron chi connectivity index (χ4n) is 4.63. The van der Waals surface area contributed by atoms with Crippen LogP contribution in [0.5, 0.6) is 0 Å². The van der Waals surface area contributed by atoms with Crippen molar-refractivity contribution in [1.82, 2.24) is 9.47 Å². The lowest BCUT2D eigenvalue weighted by Crippen LogP contribution is -2.42. The van der Waals surface area contributed by atoms with Gasteiger partial charge in [-0.25, -0.2) is 4.79 Å². The van der Waals surface area contributed by atoms with Crippen LogP contribution in [0.25, 0.3) is 0 Å². The number of hydrogen-bond acceptors (Lipinski definition) is 8. The Morgan fingerprint density at radius 1 is 0.791 bits per heavy atom. The van der Waals surface area contributed by atoms with Crippen molar-refractivity contribution in [1.29, 1.82) is 0 Å². The number of ether oxygens (including phenoxy) is 1. The second kappa shape index (κ2) is 15.5. The van der Waals surface area contributed by atoms with Crippen molar-refractivity contribution in [3.63, 3.8) is 0 Å². The van der Waals surface area contributed by atoms with Gasteiger partial charge in [0.15, 0.2) is 11.4 Å². The summed E-state index contributed by atoms with van der Waals surface area (Å²) in [5, 5.41) is 33.8. The van der Waals surface area contributed by atoms with Crippen molar-refractivity contribution in [3.05, 3.63) is 95.8 Å². The van der Waals surface area contributed by atoms with Gasteiger partial charge < -0.3 is 29.7 Å². The number of morpholine rings is 1.